The Bertz CT molecular complexity index is 800. The molecule has 0 aliphatic heterocycles. The van der Waals surface area contributed by atoms with Crippen molar-refractivity contribution in [1.82, 2.24) is 15.1 Å². The predicted molar refractivity (Wildman–Crippen MR) is 90.1 cm³/mol. The summed E-state index contributed by atoms with van der Waals surface area (Å²) in [6.07, 6.45) is 0. The van der Waals surface area contributed by atoms with E-state index in [4.69, 9.17) is 16.1 Å². The number of nitrogens with zero attached hydrogens (tertiary/aromatic N) is 3. The van der Waals surface area contributed by atoms with Gasteiger partial charge in [0.25, 0.3) is 0 Å². The number of hydrogen-bond acceptors (Lipinski definition) is 6. The Kier molecular flexibility index (Phi) is 4.43. The Morgan fingerprint density at radius 2 is 1.83 bits per heavy atom. The van der Waals surface area contributed by atoms with Gasteiger partial charge in [0, 0.05) is 29.4 Å². The molecule has 0 spiro atoms. The van der Waals surface area contributed by atoms with Crippen molar-refractivity contribution < 1.29 is 4.52 Å². The number of aromatic nitrogens is 3. The normalized spacial score (nSPS) is 10.6. The van der Waals surface area contributed by atoms with Gasteiger partial charge in [-0.15, -0.1) is 0 Å². The topological polar surface area (TPSA) is 75.9 Å². The zero-order valence-corrected chi connectivity index (χ0v) is 13.6. The summed E-state index contributed by atoms with van der Waals surface area (Å²) in [4.78, 5) is 8.77. The number of hydrogen-bond donors (Lipinski definition) is 2. The molecule has 0 radical (unpaired) electrons. The molecule has 0 aliphatic rings. The minimum atomic E-state index is 0.469. The molecule has 3 rings (SSSR count). The van der Waals surface area contributed by atoms with E-state index in [0.29, 0.717) is 18.3 Å². The fourth-order valence-corrected chi connectivity index (χ4v) is 2.18. The summed E-state index contributed by atoms with van der Waals surface area (Å²) in [6.45, 7) is 4.39. The van der Waals surface area contributed by atoms with E-state index in [-0.39, 0.29) is 0 Å². The van der Waals surface area contributed by atoms with Crippen LogP contribution >= 0.6 is 11.6 Å². The molecule has 2 aromatic heterocycles. The van der Waals surface area contributed by atoms with Crippen molar-refractivity contribution in [2.75, 3.05) is 10.6 Å². The van der Waals surface area contributed by atoms with E-state index in [9.17, 15) is 0 Å². The van der Waals surface area contributed by atoms with Gasteiger partial charge in [-0.05, 0) is 31.5 Å². The van der Waals surface area contributed by atoms with Crippen LogP contribution in [0.4, 0.5) is 17.6 Å². The first-order valence-corrected chi connectivity index (χ1v) is 7.50. The Morgan fingerprint density at radius 3 is 2.52 bits per heavy atom. The first kappa shape index (κ1) is 15.3. The minimum Gasteiger partial charge on any atom is -0.366 e. The van der Waals surface area contributed by atoms with E-state index in [1.165, 1.54) is 0 Å². The third kappa shape index (κ3) is 4.20. The summed E-state index contributed by atoms with van der Waals surface area (Å²) in [5.41, 5.74) is 1.97. The third-order valence-corrected chi connectivity index (χ3v) is 3.36. The lowest BCUT2D eigenvalue weighted by Crippen LogP contribution is -2.05. The monoisotopic (exact) mass is 329 g/mol. The van der Waals surface area contributed by atoms with Crippen LogP contribution in [-0.2, 0) is 6.54 Å². The fourth-order valence-electron chi connectivity index (χ4n) is 2.05. The highest BCUT2D eigenvalue weighted by molar-refractivity contribution is 6.30. The molecular formula is C16H16ClN5O. The lowest BCUT2D eigenvalue weighted by molar-refractivity contribution is 0.400. The molecule has 118 valence electrons. The number of benzene rings is 1. The van der Waals surface area contributed by atoms with Crippen molar-refractivity contribution in [3.05, 3.63) is 58.4 Å². The first-order valence-electron chi connectivity index (χ1n) is 7.13. The van der Waals surface area contributed by atoms with E-state index in [0.717, 1.165) is 27.9 Å². The summed E-state index contributed by atoms with van der Waals surface area (Å²) >= 11 is 5.89. The second-order valence-corrected chi connectivity index (χ2v) is 5.58. The lowest BCUT2D eigenvalue weighted by Gasteiger charge is -2.09. The van der Waals surface area contributed by atoms with Crippen LogP contribution in [0.1, 0.15) is 17.0 Å². The van der Waals surface area contributed by atoms with E-state index < -0.39 is 0 Å². The average molecular weight is 330 g/mol. The molecule has 0 amide bonds. The number of rotatable bonds is 5. The van der Waals surface area contributed by atoms with Gasteiger partial charge in [0.05, 0.1) is 0 Å². The molecule has 0 bridgehead atoms. The van der Waals surface area contributed by atoms with Gasteiger partial charge in [0.2, 0.25) is 5.95 Å². The molecule has 1 aromatic carbocycles. The van der Waals surface area contributed by atoms with Gasteiger partial charge in [0.15, 0.2) is 5.82 Å². The van der Waals surface area contributed by atoms with Crippen molar-refractivity contribution >= 4 is 29.2 Å². The Balaban J connectivity index is 1.70. The minimum absolute atomic E-state index is 0.469. The smallest absolute Gasteiger partial charge is 0.230 e. The van der Waals surface area contributed by atoms with Crippen molar-refractivity contribution in [3.63, 3.8) is 0 Å². The predicted octanol–water partition coefficient (Wildman–Crippen LogP) is 4.09. The summed E-state index contributed by atoms with van der Waals surface area (Å²) in [6, 6.07) is 11.3. The molecule has 2 heterocycles. The second kappa shape index (κ2) is 6.66. The summed E-state index contributed by atoms with van der Waals surface area (Å²) in [5.74, 6) is 2.50. The molecule has 0 saturated heterocycles. The maximum atomic E-state index is 5.89. The maximum Gasteiger partial charge on any atom is 0.230 e. The van der Waals surface area contributed by atoms with Crippen molar-refractivity contribution in [1.29, 1.82) is 0 Å². The SMILES string of the molecule is Cc1cc(NCc2ccc(Cl)cc2)nc(Nc2cc(C)on2)n1. The molecule has 6 nitrogen and oxygen atoms in total. The number of nitrogens with one attached hydrogen (secondary N) is 2. The Hall–Kier alpha value is -2.60. The number of aryl methyl sites for hydroxylation is 2. The first-order chi connectivity index (χ1) is 11.1. The maximum absolute atomic E-state index is 5.89. The highest BCUT2D eigenvalue weighted by Gasteiger charge is 2.06. The molecule has 7 heteroatoms. The van der Waals surface area contributed by atoms with Gasteiger partial charge in [-0.1, -0.05) is 28.9 Å². The van der Waals surface area contributed by atoms with Gasteiger partial charge in [-0.2, -0.15) is 4.98 Å². The van der Waals surface area contributed by atoms with Gasteiger partial charge < -0.3 is 15.2 Å². The van der Waals surface area contributed by atoms with Gasteiger partial charge in [-0.3, -0.25) is 0 Å². The van der Waals surface area contributed by atoms with Gasteiger partial charge >= 0.3 is 0 Å². The largest absolute Gasteiger partial charge is 0.366 e. The Labute approximate surface area is 138 Å². The number of halogens is 1. The summed E-state index contributed by atoms with van der Waals surface area (Å²) in [5, 5.41) is 10.9. The average Bonchev–Trinajstić information content (AvgIpc) is 2.91. The fraction of sp³-hybridized carbons (Fsp3) is 0.188. The Morgan fingerprint density at radius 1 is 1.04 bits per heavy atom. The molecule has 0 saturated carbocycles. The van der Waals surface area contributed by atoms with Crippen LogP contribution in [0.25, 0.3) is 0 Å². The molecule has 0 aliphatic carbocycles. The molecule has 0 unspecified atom stereocenters. The van der Waals surface area contributed by atoms with Crippen LogP contribution in [0.3, 0.4) is 0 Å². The van der Waals surface area contributed by atoms with Crippen LogP contribution < -0.4 is 10.6 Å². The second-order valence-electron chi connectivity index (χ2n) is 5.15. The van der Waals surface area contributed by atoms with Crippen LogP contribution in [-0.4, -0.2) is 15.1 Å². The van der Waals surface area contributed by atoms with Crippen LogP contribution in [0.2, 0.25) is 5.02 Å². The highest BCUT2D eigenvalue weighted by Crippen LogP contribution is 2.16. The number of anilines is 3. The van der Waals surface area contributed by atoms with Crippen LogP contribution in [0.15, 0.2) is 40.9 Å². The van der Waals surface area contributed by atoms with E-state index in [1.54, 1.807) is 6.07 Å². The van der Waals surface area contributed by atoms with E-state index in [1.807, 2.05) is 44.2 Å². The molecule has 0 atom stereocenters. The quantitative estimate of drug-likeness (QED) is 0.734. The van der Waals surface area contributed by atoms with Crippen molar-refractivity contribution in [2.45, 2.75) is 20.4 Å². The lowest BCUT2D eigenvalue weighted by atomic mass is 10.2. The zero-order valence-electron chi connectivity index (χ0n) is 12.8. The summed E-state index contributed by atoms with van der Waals surface area (Å²) in [7, 11) is 0. The van der Waals surface area contributed by atoms with Crippen molar-refractivity contribution in [2.24, 2.45) is 0 Å². The van der Waals surface area contributed by atoms with E-state index in [2.05, 4.69) is 25.8 Å². The third-order valence-electron chi connectivity index (χ3n) is 3.11. The van der Waals surface area contributed by atoms with E-state index >= 15 is 0 Å². The standard InChI is InChI=1S/C16H16ClN5O/c1-10-7-14(18-9-12-3-5-13(17)6-4-12)20-16(19-10)21-15-8-11(2)23-22-15/h3-8H,9H2,1-2H3,(H2,18,19,20,21,22). The van der Waals surface area contributed by atoms with Gasteiger partial charge in [0.1, 0.15) is 11.6 Å². The van der Waals surface area contributed by atoms with Crippen molar-refractivity contribution in [3.8, 4) is 0 Å². The van der Waals surface area contributed by atoms with Gasteiger partial charge in [-0.25, -0.2) is 4.98 Å². The summed E-state index contributed by atoms with van der Waals surface area (Å²) < 4.78 is 5.02. The van der Waals surface area contributed by atoms with Crippen LogP contribution in [0, 0.1) is 13.8 Å². The van der Waals surface area contributed by atoms with Crippen LogP contribution in [0.5, 0.6) is 0 Å². The molecule has 2 N–H and O–H groups in total. The molecule has 23 heavy (non-hydrogen) atoms. The zero-order chi connectivity index (χ0) is 16.2. The molecule has 0 fully saturated rings. The molecule has 3 aromatic rings. The highest BCUT2D eigenvalue weighted by atomic mass is 35.5. The molecular weight excluding hydrogens is 314 g/mol.